The maximum Gasteiger partial charge on any atom is 0.202 e. The minimum absolute atomic E-state index is 0.466. The second kappa shape index (κ2) is 2.66. The summed E-state index contributed by atoms with van der Waals surface area (Å²) in [4.78, 5) is 12.9. The molecule has 15 heavy (non-hydrogen) atoms. The molecule has 0 aliphatic carbocycles. The summed E-state index contributed by atoms with van der Waals surface area (Å²) in [6, 6.07) is 5.68. The summed E-state index contributed by atoms with van der Waals surface area (Å²) < 4.78 is 1.77. The average molecular weight is 199 g/mol. The molecule has 0 saturated carbocycles. The molecule has 0 atom stereocenters. The number of aromatic nitrogens is 4. The molecule has 3 heterocycles. The van der Waals surface area contributed by atoms with Crippen LogP contribution in [0.1, 0.15) is 0 Å². The molecule has 74 valence electrons. The lowest BCUT2D eigenvalue weighted by molar-refractivity contribution is 0.950. The highest BCUT2D eigenvalue weighted by Gasteiger charge is 2.07. The smallest absolute Gasteiger partial charge is 0.202 e. The number of hydrogen-bond acceptors (Lipinski definition) is 4. The van der Waals surface area contributed by atoms with Crippen LogP contribution in [0.4, 0.5) is 5.95 Å². The molecule has 3 aromatic heterocycles. The lowest BCUT2D eigenvalue weighted by Gasteiger charge is -1.97. The lowest BCUT2D eigenvalue weighted by Crippen LogP contribution is -1.97. The van der Waals surface area contributed by atoms with Crippen LogP contribution in [0.5, 0.6) is 0 Å². The number of anilines is 1. The van der Waals surface area contributed by atoms with Gasteiger partial charge in [0.2, 0.25) is 5.95 Å². The van der Waals surface area contributed by atoms with Crippen molar-refractivity contribution in [2.24, 2.45) is 7.05 Å². The second-order valence-corrected chi connectivity index (χ2v) is 3.40. The van der Waals surface area contributed by atoms with Gasteiger partial charge in [0.25, 0.3) is 0 Å². The van der Waals surface area contributed by atoms with Gasteiger partial charge in [-0.1, -0.05) is 0 Å². The van der Waals surface area contributed by atoms with Crippen LogP contribution in [0, 0.1) is 0 Å². The SMILES string of the molecule is Cn1c(N)nc2cc3ncccc3nc21. The number of fused-ring (bicyclic) bond motifs is 2. The van der Waals surface area contributed by atoms with E-state index in [1.807, 2.05) is 25.2 Å². The predicted octanol–water partition coefficient (Wildman–Crippen LogP) is 1.10. The fourth-order valence-corrected chi connectivity index (χ4v) is 1.62. The Hall–Kier alpha value is -2.17. The Balaban J connectivity index is 2.53. The standard InChI is InChI=1S/C10H9N5/c1-15-9-8(14-10(15)11)5-7-6(13-9)3-2-4-12-7/h2-5H,1H3,(H2,11,14). The molecule has 0 aliphatic rings. The van der Waals surface area contributed by atoms with E-state index in [1.165, 1.54) is 0 Å². The van der Waals surface area contributed by atoms with Crippen LogP contribution >= 0.6 is 0 Å². The van der Waals surface area contributed by atoms with Crippen molar-refractivity contribution in [3.63, 3.8) is 0 Å². The number of aryl methyl sites for hydroxylation is 1. The van der Waals surface area contributed by atoms with Gasteiger partial charge < -0.3 is 5.73 Å². The van der Waals surface area contributed by atoms with E-state index in [9.17, 15) is 0 Å². The number of hydrogen-bond donors (Lipinski definition) is 1. The number of imidazole rings is 1. The monoisotopic (exact) mass is 199 g/mol. The maximum atomic E-state index is 5.71. The van der Waals surface area contributed by atoms with Crippen molar-refractivity contribution in [2.45, 2.75) is 0 Å². The number of nitrogen functional groups attached to an aromatic ring is 1. The molecule has 0 aliphatic heterocycles. The molecular weight excluding hydrogens is 190 g/mol. The van der Waals surface area contributed by atoms with E-state index in [1.54, 1.807) is 10.8 Å². The summed E-state index contributed by atoms with van der Waals surface area (Å²) in [5.74, 6) is 0.466. The Bertz CT molecular complexity index is 655. The predicted molar refractivity (Wildman–Crippen MR) is 58.2 cm³/mol. The van der Waals surface area contributed by atoms with Crippen molar-refractivity contribution in [1.29, 1.82) is 0 Å². The summed E-state index contributed by atoms with van der Waals surface area (Å²) in [7, 11) is 1.85. The van der Waals surface area contributed by atoms with Gasteiger partial charge in [-0.05, 0) is 18.2 Å². The van der Waals surface area contributed by atoms with Crippen LogP contribution in [0.2, 0.25) is 0 Å². The normalized spacial score (nSPS) is 11.3. The van der Waals surface area contributed by atoms with Crippen LogP contribution in [-0.4, -0.2) is 19.5 Å². The summed E-state index contributed by atoms with van der Waals surface area (Å²) in [5, 5.41) is 0. The zero-order chi connectivity index (χ0) is 10.4. The Kier molecular flexibility index (Phi) is 1.45. The van der Waals surface area contributed by atoms with E-state index in [0.29, 0.717) is 5.95 Å². The topological polar surface area (TPSA) is 69.6 Å². The second-order valence-electron chi connectivity index (χ2n) is 3.40. The molecular formula is C10H9N5. The van der Waals surface area contributed by atoms with Crippen LogP contribution in [-0.2, 0) is 7.05 Å². The van der Waals surface area contributed by atoms with Gasteiger partial charge >= 0.3 is 0 Å². The van der Waals surface area contributed by atoms with Gasteiger partial charge in [-0.15, -0.1) is 0 Å². The minimum atomic E-state index is 0.466. The molecule has 5 nitrogen and oxygen atoms in total. The van der Waals surface area contributed by atoms with Crippen molar-refractivity contribution in [3.8, 4) is 0 Å². The largest absolute Gasteiger partial charge is 0.369 e. The Morgan fingerprint density at radius 3 is 2.93 bits per heavy atom. The van der Waals surface area contributed by atoms with E-state index < -0.39 is 0 Å². The van der Waals surface area contributed by atoms with Crippen molar-refractivity contribution >= 4 is 28.1 Å². The van der Waals surface area contributed by atoms with Gasteiger partial charge in [-0.2, -0.15) is 0 Å². The van der Waals surface area contributed by atoms with E-state index in [2.05, 4.69) is 15.0 Å². The Morgan fingerprint density at radius 2 is 2.07 bits per heavy atom. The van der Waals surface area contributed by atoms with E-state index >= 15 is 0 Å². The first kappa shape index (κ1) is 8.16. The number of rotatable bonds is 0. The summed E-state index contributed by atoms with van der Waals surface area (Å²) in [5.41, 5.74) is 8.96. The first-order valence-corrected chi connectivity index (χ1v) is 4.59. The third-order valence-electron chi connectivity index (χ3n) is 2.44. The van der Waals surface area contributed by atoms with Gasteiger partial charge in [0.1, 0.15) is 5.52 Å². The number of nitrogens with zero attached hydrogens (tertiary/aromatic N) is 4. The molecule has 3 aromatic rings. The molecule has 5 heteroatoms. The summed E-state index contributed by atoms with van der Waals surface area (Å²) in [6.45, 7) is 0. The number of nitrogens with two attached hydrogens (primary N) is 1. The van der Waals surface area contributed by atoms with Crippen LogP contribution in [0.15, 0.2) is 24.4 Å². The highest BCUT2D eigenvalue weighted by atomic mass is 15.2. The van der Waals surface area contributed by atoms with Gasteiger partial charge in [0.15, 0.2) is 5.65 Å². The molecule has 0 spiro atoms. The van der Waals surface area contributed by atoms with Gasteiger partial charge in [-0.3, -0.25) is 9.55 Å². The summed E-state index contributed by atoms with van der Waals surface area (Å²) in [6.07, 6.45) is 1.74. The van der Waals surface area contributed by atoms with Gasteiger partial charge in [0.05, 0.1) is 11.0 Å². The zero-order valence-electron chi connectivity index (χ0n) is 8.18. The van der Waals surface area contributed by atoms with Crippen molar-refractivity contribution in [1.82, 2.24) is 19.5 Å². The average Bonchev–Trinajstić information content (AvgIpc) is 2.52. The first-order chi connectivity index (χ1) is 7.25. The van der Waals surface area contributed by atoms with E-state index in [0.717, 1.165) is 22.2 Å². The Labute approximate surface area is 85.6 Å². The molecule has 0 unspecified atom stereocenters. The molecule has 3 rings (SSSR count). The zero-order valence-corrected chi connectivity index (χ0v) is 8.18. The maximum absolute atomic E-state index is 5.71. The van der Waals surface area contributed by atoms with E-state index in [4.69, 9.17) is 5.73 Å². The van der Waals surface area contributed by atoms with Crippen LogP contribution in [0.3, 0.4) is 0 Å². The fraction of sp³-hybridized carbons (Fsp3) is 0.100. The molecule has 2 N–H and O–H groups in total. The highest BCUT2D eigenvalue weighted by molar-refractivity contribution is 5.87. The third-order valence-corrected chi connectivity index (χ3v) is 2.44. The quantitative estimate of drug-likeness (QED) is 0.588. The molecule has 0 saturated heterocycles. The molecule has 0 aromatic carbocycles. The first-order valence-electron chi connectivity index (χ1n) is 4.59. The van der Waals surface area contributed by atoms with Crippen molar-refractivity contribution in [3.05, 3.63) is 24.4 Å². The fourth-order valence-electron chi connectivity index (χ4n) is 1.62. The third kappa shape index (κ3) is 1.06. The molecule has 0 fully saturated rings. The summed E-state index contributed by atoms with van der Waals surface area (Å²) >= 11 is 0. The van der Waals surface area contributed by atoms with Crippen LogP contribution in [0.25, 0.3) is 22.2 Å². The lowest BCUT2D eigenvalue weighted by atomic mass is 10.3. The molecule has 0 radical (unpaired) electrons. The van der Waals surface area contributed by atoms with Gasteiger partial charge in [0, 0.05) is 13.2 Å². The number of pyridine rings is 2. The molecule has 0 bridgehead atoms. The van der Waals surface area contributed by atoms with Crippen molar-refractivity contribution in [2.75, 3.05) is 5.73 Å². The minimum Gasteiger partial charge on any atom is -0.369 e. The van der Waals surface area contributed by atoms with Crippen molar-refractivity contribution < 1.29 is 0 Å². The van der Waals surface area contributed by atoms with Crippen LogP contribution < -0.4 is 5.73 Å². The van der Waals surface area contributed by atoms with E-state index in [-0.39, 0.29) is 0 Å². The van der Waals surface area contributed by atoms with Gasteiger partial charge in [-0.25, -0.2) is 9.97 Å². The molecule has 0 amide bonds. The highest BCUT2D eigenvalue weighted by Crippen LogP contribution is 2.18. The Morgan fingerprint density at radius 1 is 1.20 bits per heavy atom.